The highest BCUT2D eigenvalue weighted by Gasteiger charge is 2.23. The highest BCUT2D eigenvalue weighted by Crippen LogP contribution is 2.19. The second-order valence-corrected chi connectivity index (χ2v) is 7.99. The first-order valence-electron chi connectivity index (χ1n) is 7.95. The van der Waals surface area contributed by atoms with E-state index in [-0.39, 0.29) is 16.8 Å². The Morgan fingerprint density at radius 3 is 2.30 bits per heavy atom. The lowest BCUT2D eigenvalue weighted by Crippen LogP contribution is -2.40. The van der Waals surface area contributed by atoms with Crippen molar-refractivity contribution in [2.75, 3.05) is 19.6 Å². The zero-order chi connectivity index (χ0) is 17.0. The first kappa shape index (κ1) is 17.9. The lowest BCUT2D eigenvalue weighted by Gasteiger charge is -2.31. The van der Waals surface area contributed by atoms with Crippen LogP contribution in [0.2, 0.25) is 0 Å². The topological polar surface area (TPSA) is 92.5 Å². The SMILES string of the molecule is CC(C)NS(=O)(=O)c1ccc(C(=O)N2CCC(CN)CC2)cc1. The van der Waals surface area contributed by atoms with Crippen LogP contribution in [0.5, 0.6) is 0 Å². The molecule has 7 heteroatoms. The first-order valence-corrected chi connectivity index (χ1v) is 9.43. The van der Waals surface area contributed by atoms with Gasteiger partial charge in [-0.25, -0.2) is 13.1 Å². The van der Waals surface area contributed by atoms with Gasteiger partial charge in [-0.1, -0.05) is 0 Å². The van der Waals surface area contributed by atoms with E-state index in [1.165, 1.54) is 12.1 Å². The highest BCUT2D eigenvalue weighted by molar-refractivity contribution is 7.89. The Kier molecular flexibility index (Phi) is 5.78. The Hall–Kier alpha value is -1.44. The van der Waals surface area contributed by atoms with Crippen LogP contribution in [-0.2, 0) is 10.0 Å². The maximum atomic E-state index is 12.5. The molecule has 0 radical (unpaired) electrons. The largest absolute Gasteiger partial charge is 0.339 e. The maximum absolute atomic E-state index is 12.5. The number of benzene rings is 1. The van der Waals surface area contributed by atoms with Gasteiger partial charge in [0.15, 0.2) is 0 Å². The highest BCUT2D eigenvalue weighted by atomic mass is 32.2. The summed E-state index contributed by atoms with van der Waals surface area (Å²) in [7, 11) is -3.53. The molecule has 0 atom stereocenters. The summed E-state index contributed by atoms with van der Waals surface area (Å²) in [4.78, 5) is 14.4. The summed E-state index contributed by atoms with van der Waals surface area (Å²) in [6.07, 6.45) is 1.85. The third kappa shape index (κ3) is 4.53. The van der Waals surface area contributed by atoms with Crippen molar-refractivity contribution >= 4 is 15.9 Å². The van der Waals surface area contributed by atoms with Crippen molar-refractivity contribution in [2.24, 2.45) is 11.7 Å². The van der Waals surface area contributed by atoms with Gasteiger partial charge in [0, 0.05) is 24.7 Å². The Morgan fingerprint density at radius 2 is 1.83 bits per heavy atom. The number of carbonyl (C=O) groups excluding carboxylic acids is 1. The predicted octanol–water partition coefficient (Wildman–Crippen LogP) is 1.18. The van der Waals surface area contributed by atoms with Crippen LogP contribution in [0.3, 0.4) is 0 Å². The van der Waals surface area contributed by atoms with Gasteiger partial charge in [0.05, 0.1) is 4.90 Å². The molecule has 1 aromatic rings. The van der Waals surface area contributed by atoms with Gasteiger partial charge in [-0.2, -0.15) is 0 Å². The van der Waals surface area contributed by atoms with Crippen molar-refractivity contribution in [3.05, 3.63) is 29.8 Å². The summed E-state index contributed by atoms with van der Waals surface area (Å²) < 4.78 is 26.7. The van der Waals surface area contributed by atoms with E-state index in [9.17, 15) is 13.2 Å². The van der Waals surface area contributed by atoms with Gasteiger partial charge in [-0.3, -0.25) is 4.79 Å². The number of carbonyl (C=O) groups is 1. The van der Waals surface area contributed by atoms with Crippen molar-refractivity contribution < 1.29 is 13.2 Å². The van der Waals surface area contributed by atoms with Crippen LogP contribution in [-0.4, -0.2) is 44.9 Å². The van der Waals surface area contributed by atoms with Crippen LogP contribution in [0.15, 0.2) is 29.2 Å². The fourth-order valence-electron chi connectivity index (χ4n) is 2.71. The number of rotatable bonds is 5. The quantitative estimate of drug-likeness (QED) is 0.842. The molecule has 0 spiro atoms. The molecule has 1 heterocycles. The average Bonchev–Trinajstić information content (AvgIpc) is 2.53. The van der Waals surface area contributed by atoms with E-state index in [1.54, 1.807) is 26.0 Å². The van der Waals surface area contributed by atoms with Crippen molar-refractivity contribution in [3.63, 3.8) is 0 Å². The molecule has 1 saturated heterocycles. The molecule has 0 aromatic heterocycles. The normalized spacial score (nSPS) is 16.8. The fourth-order valence-corrected chi connectivity index (χ4v) is 3.96. The molecule has 0 bridgehead atoms. The second kappa shape index (κ2) is 7.42. The van der Waals surface area contributed by atoms with E-state index in [4.69, 9.17) is 5.73 Å². The average molecular weight is 339 g/mol. The molecule has 23 heavy (non-hydrogen) atoms. The van der Waals surface area contributed by atoms with E-state index in [0.29, 0.717) is 31.1 Å². The molecule has 1 aliphatic rings. The van der Waals surface area contributed by atoms with Crippen molar-refractivity contribution in [1.29, 1.82) is 0 Å². The monoisotopic (exact) mass is 339 g/mol. The number of sulfonamides is 1. The summed E-state index contributed by atoms with van der Waals surface area (Å²) in [5.74, 6) is 0.440. The number of amides is 1. The van der Waals surface area contributed by atoms with Gasteiger partial charge in [0.2, 0.25) is 10.0 Å². The molecule has 3 N–H and O–H groups in total. The molecule has 1 aromatic carbocycles. The molecule has 128 valence electrons. The van der Waals surface area contributed by atoms with Gasteiger partial charge >= 0.3 is 0 Å². The minimum absolute atomic E-state index is 0.0544. The molecule has 0 saturated carbocycles. The van der Waals surface area contributed by atoms with Crippen LogP contribution in [0.4, 0.5) is 0 Å². The zero-order valence-corrected chi connectivity index (χ0v) is 14.5. The Morgan fingerprint density at radius 1 is 1.26 bits per heavy atom. The van der Waals surface area contributed by atoms with Crippen LogP contribution in [0, 0.1) is 5.92 Å². The molecular weight excluding hydrogens is 314 g/mol. The second-order valence-electron chi connectivity index (χ2n) is 6.27. The molecule has 1 fully saturated rings. The molecule has 6 nitrogen and oxygen atoms in total. The first-order chi connectivity index (χ1) is 10.8. The third-order valence-corrected chi connectivity index (χ3v) is 5.71. The van der Waals surface area contributed by atoms with Gasteiger partial charge in [0.25, 0.3) is 5.91 Å². The van der Waals surface area contributed by atoms with Crippen LogP contribution >= 0.6 is 0 Å². The molecule has 0 unspecified atom stereocenters. The molecule has 2 rings (SSSR count). The number of nitrogens with zero attached hydrogens (tertiary/aromatic N) is 1. The van der Waals surface area contributed by atoms with E-state index in [2.05, 4.69) is 4.72 Å². The van der Waals surface area contributed by atoms with Gasteiger partial charge in [-0.05, 0) is 63.4 Å². The van der Waals surface area contributed by atoms with Crippen molar-refractivity contribution in [1.82, 2.24) is 9.62 Å². The van der Waals surface area contributed by atoms with Crippen LogP contribution in [0.1, 0.15) is 37.0 Å². The molecule has 0 aliphatic carbocycles. The smallest absolute Gasteiger partial charge is 0.253 e. The van der Waals surface area contributed by atoms with Crippen LogP contribution < -0.4 is 10.5 Å². The molecular formula is C16H25N3O3S. The standard InChI is InChI=1S/C16H25N3O3S/c1-12(2)18-23(21,22)15-5-3-14(4-6-15)16(20)19-9-7-13(11-17)8-10-19/h3-6,12-13,18H,7-11,17H2,1-2H3. The van der Waals surface area contributed by atoms with E-state index >= 15 is 0 Å². The summed E-state index contributed by atoms with van der Waals surface area (Å²) in [6, 6.07) is 5.93. The lowest BCUT2D eigenvalue weighted by molar-refractivity contribution is 0.0693. The Balaban J connectivity index is 2.06. The third-order valence-electron chi connectivity index (χ3n) is 4.04. The van der Waals surface area contributed by atoms with Crippen molar-refractivity contribution in [3.8, 4) is 0 Å². The predicted molar refractivity (Wildman–Crippen MR) is 89.6 cm³/mol. The fraction of sp³-hybridized carbons (Fsp3) is 0.562. The Bertz CT molecular complexity index is 633. The van der Waals surface area contributed by atoms with Crippen molar-refractivity contribution in [2.45, 2.75) is 37.6 Å². The number of likely N-dealkylation sites (tertiary alicyclic amines) is 1. The molecule has 1 aliphatic heterocycles. The summed E-state index contributed by atoms with van der Waals surface area (Å²) in [6.45, 7) is 5.60. The minimum atomic E-state index is -3.53. The number of hydrogen-bond acceptors (Lipinski definition) is 4. The minimum Gasteiger partial charge on any atom is -0.339 e. The van der Waals surface area contributed by atoms with E-state index < -0.39 is 10.0 Å². The zero-order valence-electron chi connectivity index (χ0n) is 13.7. The number of piperidine rings is 1. The number of nitrogens with two attached hydrogens (primary N) is 1. The summed E-state index contributed by atoms with van der Waals surface area (Å²) in [5.41, 5.74) is 6.17. The number of hydrogen-bond donors (Lipinski definition) is 2. The van der Waals surface area contributed by atoms with Gasteiger partial charge in [-0.15, -0.1) is 0 Å². The van der Waals surface area contributed by atoms with E-state index in [1.807, 2.05) is 4.90 Å². The lowest BCUT2D eigenvalue weighted by atomic mass is 9.96. The van der Waals surface area contributed by atoms with Gasteiger partial charge in [0.1, 0.15) is 0 Å². The van der Waals surface area contributed by atoms with E-state index in [0.717, 1.165) is 12.8 Å². The summed E-state index contributed by atoms with van der Waals surface area (Å²) >= 11 is 0. The summed E-state index contributed by atoms with van der Waals surface area (Å²) in [5, 5.41) is 0. The maximum Gasteiger partial charge on any atom is 0.253 e. The van der Waals surface area contributed by atoms with Gasteiger partial charge < -0.3 is 10.6 Å². The van der Waals surface area contributed by atoms with Crippen LogP contribution in [0.25, 0.3) is 0 Å². The molecule has 1 amide bonds. The number of nitrogens with one attached hydrogen (secondary N) is 1. The Labute approximate surface area is 138 Å².